The first-order chi connectivity index (χ1) is 12.1. The molecule has 0 amide bonds. The predicted octanol–water partition coefficient (Wildman–Crippen LogP) is -52.0. The van der Waals surface area contributed by atoms with Crippen LogP contribution in [-0.2, 0) is 0 Å². The Hall–Kier alpha value is 13.8. The molecule has 0 aliphatic carbocycles. The van der Waals surface area contributed by atoms with Crippen molar-refractivity contribution in [3.63, 3.8) is 0 Å². The van der Waals surface area contributed by atoms with Crippen molar-refractivity contribution in [1.82, 2.24) is 0 Å². The van der Waals surface area contributed by atoms with Crippen LogP contribution in [0.3, 0.4) is 0 Å². The quantitative estimate of drug-likeness (QED) is 0.204. The van der Waals surface area contributed by atoms with Crippen LogP contribution >= 0.6 is 0 Å². The van der Waals surface area contributed by atoms with Crippen molar-refractivity contribution in [2.24, 2.45) is 0 Å². The maximum Gasteiger partial charge on any atom is 2.00 e. The summed E-state index contributed by atoms with van der Waals surface area (Å²) in [6.07, 6.45) is 0. The zero-order chi connectivity index (χ0) is 25.0. The second-order valence-corrected chi connectivity index (χ2v) is 2.02. The third-order valence-electron chi connectivity index (χ3n) is 0. The zero-order valence-electron chi connectivity index (χ0n) is 24.7. The van der Waals surface area contributed by atoms with Crippen molar-refractivity contribution in [2.75, 3.05) is 0 Å². The Labute approximate surface area is 584 Å². The largest absolute Gasteiger partial charge is 2.00 e. The van der Waals surface area contributed by atoms with Crippen LogP contribution in [0.2, 0.25) is 0 Å². The van der Waals surface area contributed by atoms with E-state index in [-0.39, 0.29) is 443 Å². The normalized spacial score (nSPS) is 4.30. The first-order valence-electron chi connectivity index (χ1n) is 4.95. The molecular formula is B7Ca9F2Li5O21. The molecule has 0 spiro atoms. The molecule has 0 rings (SSSR count). The van der Waals surface area contributed by atoms with Crippen molar-refractivity contribution < 1.29 is 209 Å². The van der Waals surface area contributed by atoms with Gasteiger partial charge < -0.3 is 115 Å². The molecule has 44 heavy (non-hydrogen) atoms. The van der Waals surface area contributed by atoms with Crippen LogP contribution < -0.4 is 209 Å². The average Bonchev–Trinajstić information content (AvgIpc) is 2.20. The van der Waals surface area contributed by atoms with Gasteiger partial charge in [0.25, 0.3) is 0 Å². The molecule has 0 aliphatic heterocycles. The summed E-state index contributed by atoms with van der Waals surface area (Å²) < 4.78 is 0. The fourth-order valence-electron chi connectivity index (χ4n) is 0. The number of halogens is 2. The summed E-state index contributed by atoms with van der Waals surface area (Å²) in [6, 6.07) is 0. The van der Waals surface area contributed by atoms with Gasteiger partial charge in [-0.25, -0.2) is 0 Å². The van der Waals surface area contributed by atoms with Gasteiger partial charge in [-0.15, -0.1) is 0 Å². The summed E-state index contributed by atoms with van der Waals surface area (Å²) in [5, 5.41) is 177. The standard InChI is InChI=1S/7BO3.9Ca.2FH.5Li/c7*2-1(3)4;;;;;;;;;;;;;;;;/h;;;;;;;;;;;;;;;;2*1H;;;;;/q7*-3;9*+2;;;5*+1/p-2. The molecule has 0 saturated carbocycles. The van der Waals surface area contributed by atoms with Crippen molar-refractivity contribution in [2.45, 2.75) is 0 Å². The Balaban J connectivity index is -0.00000000525. The molecule has 0 aliphatic rings. The number of hydrogen-bond acceptors (Lipinski definition) is 21. The van der Waals surface area contributed by atoms with E-state index < -0.39 is 51.2 Å². The van der Waals surface area contributed by atoms with Gasteiger partial charge in [-0.2, -0.15) is 0 Å². The summed E-state index contributed by atoms with van der Waals surface area (Å²) in [6.45, 7) is 0. The van der Waals surface area contributed by atoms with Gasteiger partial charge in [0.15, 0.2) is 0 Å². The molecule has 0 radical (unpaired) electrons. The van der Waals surface area contributed by atoms with Gasteiger partial charge in [0.2, 0.25) is 0 Å². The van der Waals surface area contributed by atoms with E-state index >= 15 is 0 Å². The smallest absolute Gasteiger partial charge is 1.00 e. The van der Waals surface area contributed by atoms with Gasteiger partial charge in [-0.3, -0.25) is 51.2 Å². The molecule has 184 valence electrons. The van der Waals surface area contributed by atoms with E-state index in [1.54, 1.807) is 0 Å². The third-order valence-corrected chi connectivity index (χ3v) is 0. The molecule has 0 saturated heterocycles. The van der Waals surface area contributed by atoms with Crippen molar-refractivity contribution in [3.8, 4) is 0 Å². The number of hydrogen-bond donors (Lipinski definition) is 0. The summed E-state index contributed by atoms with van der Waals surface area (Å²) in [7, 11) is -20.4. The fourth-order valence-corrected chi connectivity index (χ4v) is 0. The van der Waals surface area contributed by atoms with E-state index in [4.69, 9.17) is 106 Å². The van der Waals surface area contributed by atoms with Crippen LogP contribution in [0, 0.1) is 0 Å². The minimum atomic E-state index is -2.92. The van der Waals surface area contributed by atoms with Crippen LogP contribution in [0.15, 0.2) is 0 Å². The minimum Gasteiger partial charge on any atom is -1.00 e. The monoisotopic (exact) mass is 846 g/mol. The van der Waals surface area contributed by atoms with Crippen molar-refractivity contribution in [3.05, 3.63) is 0 Å². The molecule has 44 heteroatoms. The molecule has 0 bridgehead atoms. The van der Waals surface area contributed by atoms with Crippen LogP contribution in [0.1, 0.15) is 0 Å². The predicted molar refractivity (Wildman–Crippen MR) is 92.1 cm³/mol. The van der Waals surface area contributed by atoms with E-state index in [0.29, 0.717) is 0 Å². The van der Waals surface area contributed by atoms with E-state index in [0.717, 1.165) is 0 Å². The zero-order valence-corrected chi connectivity index (χ0v) is 44.6. The van der Waals surface area contributed by atoms with Gasteiger partial charge >= 0.3 is 434 Å². The second kappa shape index (κ2) is 146. The van der Waals surface area contributed by atoms with Gasteiger partial charge in [0.05, 0.1) is 0 Å². The molecule has 0 unspecified atom stereocenters. The van der Waals surface area contributed by atoms with E-state index in [1.807, 2.05) is 0 Å². The van der Waals surface area contributed by atoms with E-state index in [9.17, 15) is 0 Å². The first kappa shape index (κ1) is 154. The number of rotatable bonds is 0. The van der Waals surface area contributed by atoms with Crippen molar-refractivity contribution in [1.29, 1.82) is 0 Å². The first-order valence-corrected chi connectivity index (χ1v) is 4.95. The summed E-state index contributed by atoms with van der Waals surface area (Å²) in [5.74, 6) is 0. The van der Waals surface area contributed by atoms with Gasteiger partial charge in [0, 0.05) is 0 Å². The molecule has 0 fully saturated rings. The molecule has 0 aromatic heterocycles. The Morgan fingerprint density at radius 2 is 0.159 bits per heavy atom. The maximum absolute atomic E-state index is 8.42. The Morgan fingerprint density at radius 1 is 0.159 bits per heavy atom. The molecular weight excluding hydrogens is 845 g/mol. The molecule has 21 nitrogen and oxygen atoms in total. The maximum atomic E-state index is 8.42. The van der Waals surface area contributed by atoms with Crippen LogP contribution in [0.4, 0.5) is 0 Å². The molecule has 0 aromatic carbocycles. The van der Waals surface area contributed by atoms with Gasteiger partial charge in [-0.05, 0) is 0 Å². The fraction of sp³-hybridized carbons (Fsp3) is 0. The Morgan fingerprint density at radius 3 is 0.159 bits per heavy atom. The van der Waals surface area contributed by atoms with Crippen LogP contribution in [0.5, 0.6) is 0 Å². The average molecular weight is 845 g/mol. The second-order valence-electron chi connectivity index (χ2n) is 2.02. The SMILES string of the molecule is [Ca+2].[Ca+2].[Ca+2].[Ca+2].[Ca+2].[Ca+2].[Ca+2].[Ca+2].[Ca+2].[F-].[F-].[Li+].[Li+].[Li+].[Li+].[Li+].[O-]B([O-])[O-].[O-]B([O-])[O-].[O-]B([O-])[O-].[O-]B([O-])[O-].[O-]B([O-])[O-].[O-]B([O-])[O-].[O-]B([O-])[O-]. The molecule has 0 N–H and O–H groups in total. The van der Waals surface area contributed by atoms with E-state index in [2.05, 4.69) is 0 Å². The topological polar surface area (TPSA) is 484 Å². The summed E-state index contributed by atoms with van der Waals surface area (Å²) >= 11 is 0. The summed E-state index contributed by atoms with van der Waals surface area (Å²) in [4.78, 5) is 0. The third kappa shape index (κ3) is 880. The Kier molecular flexibility index (Phi) is 511. The van der Waals surface area contributed by atoms with E-state index in [1.165, 1.54) is 0 Å². The Bertz CT molecular complexity index is 178. The summed E-state index contributed by atoms with van der Waals surface area (Å²) in [5.41, 5.74) is 0. The van der Waals surface area contributed by atoms with Crippen molar-refractivity contribution >= 4 is 391 Å². The molecule has 0 heterocycles. The van der Waals surface area contributed by atoms with Gasteiger partial charge in [-0.1, -0.05) is 0 Å². The van der Waals surface area contributed by atoms with Crippen LogP contribution in [-0.4, -0.2) is 391 Å². The van der Waals surface area contributed by atoms with Gasteiger partial charge in [0.1, 0.15) is 0 Å². The van der Waals surface area contributed by atoms with Crippen LogP contribution in [0.25, 0.3) is 0 Å². The minimum absolute atomic E-state index is 0. The molecule has 0 aromatic rings. The molecule has 0 atom stereocenters.